The van der Waals surface area contributed by atoms with Crippen molar-refractivity contribution in [2.45, 2.75) is 52.5 Å². The molecule has 0 amide bonds. The van der Waals surface area contributed by atoms with E-state index in [1.807, 2.05) is 20.8 Å². The molecule has 6 heteroatoms. The van der Waals surface area contributed by atoms with Crippen molar-refractivity contribution in [3.05, 3.63) is 0 Å². The lowest BCUT2D eigenvalue weighted by Gasteiger charge is -2.23. The molecule has 0 bridgehead atoms. The molecule has 0 aliphatic rings. The average molecular weight is 266 g/mol. The van der Waals surface area contributed by atoms with Gasteiger partial charge in [0, 0.05) is 25.7 Å². The first kappa shape index (κ1) is 16.8. The molecule has 0 spiro atoms. The highest BCUT2D eigenvalue weighted by Gasteiger charge is 2.21. The van der Waals surface area contributed by atoms with Crippen LogP contribution in [0.5, 0.6) is 0 Å². The fourth-order valence-corrected chi connectivity index (χ4v) is 3.26. The fourth-order valence-electron chi connectivity index (χ4n) is 1.64. The second-order valence-corrected chi connectivity index (χ2v) is 5.99. The van der Waals surface area contributed by atoms with Gasteiger partial charge in [-0.1, -0.05) is 13.8 Å². The molecule has 0 saturated heterocycles. The highest BCUT2D eigenvalue weighted by molar-refractivity contribution is 7.87. The van der Waals surface area contributed by atoms with Gasteiger partial charge >= 0.3 is 0 Å². The minimum absolute atomic E-state index is 0.0969. The molecular weight excluding hydrogens is 240 g/mol. The molecule has 1 unspecified atom stereocenters. The highest BCUT2D eigenvalue weighted by Crippen LogP contribution is 2.05. The molecular formula is C11H26N2O3S. The third-order valence-corrected chi connectivity index (χ3v) is 4.18. The molecule has 104 valence electrons. The molecule has 17 heavy (non-hydrogen) atoms. The predicted octanol–water partition coefficient (Wildman–Crippen LogP) is 1.10. The van der Waals surface area contributed by atoms with Crippen LogP contribution in [0.15, 0.2) is 0 Å². The summed E-state index contributed by atoms with van der Waals surface area (Å²) in [7, 11) is -3.37. The monoisotopic (exact) mass is 266 g/mol. The second-order valence-electron chi connectivity index (χ2n) is 4.29. The normalized spacial score (nSPS) is 14.2. The van der Waals surface area contributed by atoms with Crippen LogP contribution in [-0.2, 0) is 10.2 Å². The molecule has 0 aliphatic carbocycles. The second kappa shape index (κ2) is 8.85. The van der Waals surface area contributed by atoms with Crippen molar-refractivity contribution in [3.8, 4) is 0 Å². The van der Waals surface area contributed by atoms with E-state index in [-0.39, 0.29) is 12.6 Å². The number of aliphatic hydroxyl groups excluding tert-OH is 1. The maximum Gasteiger partial charge on any atom is 0.279 e. The van der Waals surface area contributed by atoms with Crippen LogP contribution in [0, 0.1) is 0 Å². The Kier molecular flexibility index (Phi) is 8.77. The quantitative estimate of drug-likeness (QED) is 0.622. The van der Waals surface area contributed by atoms with E-state index in [9.17, 15) is 8.42 Å². The zero-order valence-electron chi connectivity index (χ0n) is 11.1. The van der Waals surface area contributed by atoms with Gasteiger partial charge in [0.25, 0.3) is 10.2 Å². The third kappa shape index (κ3) is 6.98. The summed E-state index contributed by atoms with van der Waals surface area (Å²) in [4.78, 5) is 0. The lowest BCUT2D eigenvalue weighted by atomic mass is 10.2. The van der Waals surface area contributed by atoms with Crippen LogP contribution in [0.4, 0.5) is 0 Å². The summed E-state index contributed by atoms with van der Waals surface area (Å²) in [5.74, 6) is 0. The van der Waals surface area contributed by atoms with Crippen LogP contribution >= 0.6 is 0 Å². The Morgan fingerprint density at radius 1 is 1.24 bits per heavy atom. The van der Waals surface area contributed by atoms with E-state index >= 15 is 0 Å². The topological polar surface area (TPSA) is 69.6 Å². The first-order valence-electron chi connectivity index (χ1n) is 6.36. The molecule has 2 N–H and O–H groups in total. The zero-order chi connectivity index (χ0) is 13.3. The molecule has 0 fully saturated rings. The average Bonchev–Trinajstić information content (AvgIpc) is 2.25. The van der Waals surface area contributed by atoms with Gasteiger partial charge in [0.1, 0.15) is 0 Å². The van der Waals surface area contributed by atoms with Gasteiger partial charge in [-0.25, -0.2) is 0 Å². The van der Waals surface area contributed by atoms with E-state index in [1.54, 1.807) is 0 Å². The molecule has 0 saturated carbocycles. The van der Waals surface area contributed by atoms with Crippen LogP contribution in [0.25, 0.3) is 0 Å². The lowest BCUT2D eigenvalue weighted by Crippen LogP contribution is -2.45. The van der Waals surface area contributed by atoms with Crippen molar-refractivity contribution in [1.82, 2.24) is 9.03 Å². The predicted molar refractivity (Wildman–Crippen MR) is 70.0 cm³/mol. The Balaban J connectivity index is 4.40. The van der Waals surface area contributed by atoms with E-state index in [0.717, 1.165) is 12.8 Å². The van der Waals surface area contributed by atoms with Crippen LogP contribution in [0.3, 0.4) is 0 Å². The largest absolute Gasteiger partial charge is 0.396 e. The first-order valence-corrected chi connectivity index (χ1v) is 7.80. The summed E-state index contributed by atoms with van der Waals surface area (Å²) in [6.07, 6.45) is 2.89. The molecule has 0 heterocycles. The summed E-state index contributed by atoms with van der Waals surface area (Å²) < 4.78 is 28.2. The maximum atomic E-state index is 12.0. The van der Waals surface area contributed by atoms with Crippen LogP contribution in [0.1, 0.15) is 46.5 Å². The van der Waals surface area contributed by atoms with Crippen molar-refractivity contribution in [3.63, 3.8) is 0 Å². The smallest absolute Gasteiger partial charge is 0.279 e. The highest BCUT2D eigenvalue weighted by atomic mass is 32.2. The van der Waals surface area contributed by atoms with Crippen LogP contribution < -0.4 is 4.72 Å². The molecule has 0 radical (unpaired) electrons. The molecule has 5 nitrogen and oxygen atoms in total. The summed E-state index contributed by atoms with van der Waals surface area (Å²) in [5.41, 5.74) is 0. The van der Waals surface area contributed by atoms with Gasteiger partial charge in [0.05, 0.1) is 0 Å². The van der Waals surface area contributed by atoms with Gasteiger partial charge < -0.3 is 5.11 Å². The number of nitrogens with one attached hydrogen (secondary N) is 1. The van der Waals surface area contributed by atoms with E-state index in [1.165, 1.54) is 4.31 Å². The van der Waals surface area contributed by atoms with Gasteiger partial charge in [0.2, 0.25) is 0 Å². The van der Waals surface area contributed by atoms with Crippen molar-refractivity contribution in [2.24, 2.45) is 0 Å². The van der Waals surface area contributed by atoms with Crippen LogP contribution in [0.2, 0.25) is 0 Å². The van der Waals surface area contributed by atoms with E-state index in [0.29, 0.717) is 25.9 Å². The Morgan fingerprint density at radius 2 is 1.76 bits per heavy atom. The fraction of sp³-hybridized carbons (Fsp3) is 1.00. The number of hydrogen-bond acceptors (Lipinski definition) is 3. The molecule has 1 atom stereocenters. The molecule has 0 aliphatic heterocycles. The van der Waals surface area contributed by atoms with E-state index in [4.69, 9.17) is 5.11 Å². The minimum Gasteiger partial charge on any atom is -0.396 e. The van der Waals surface area contributed by atoms with Gasteiger partial charge in [0.15, 0.2) is 0 Å². The Morgan fingerprint density at radius 3 is 2.18 bits per heavy atom. The maximum absolute atomic E-state index is 12.0. The number of aliphatic hydroxyl groups is 1. The summed E-state index contributed by atoms with van der Waals surface area (Å²) in [6.45, 7) is 6.95. The summed E-state index contributed by atoms with van der Waals surface area (Å²) in [5, 5.41) is 8.70. The number of nitrogens with zero attached hydrogens (tertiary/aromatic N) is 1. The lowest BCUT2D eigenvalue weighted by molar-refractivity contribution is 0.278. The van der Waals surface area contributed by atoms with Gasteiger partial charge in [-0.15, -0.1) is 0 Å². The summed E-state index contributed by atoms with van der Waals surface area (Å²) in [6, 6.07) is -0.136. The SMILES string of the molecule is CCCN(CCC)S(=O)(=O)NC(C)CCCO. The Labute approximate surface area is 105 Å². The number of hydrogen-bond donors (Lipinski definition) is 2. The van der Waals surface area contributed by atoms with Gasteiger partial charge in [-0.2, -0.15) is 17.4 Å². The molecule has 0 aromatic carbocycles. The van der Waals surface area contributed by atoms with Gasteiger partial charge in [-0.05, 0) is 32.6 Å². The van der Waals surface area contributed by atoms with E-state index < -0.39 is 10.2 Å². The standard InChI is InChI=1S/C11H26N2O3S/c1-4-8-13(9-5-2)17(15,16)12-11(3)7-6-10-14/h11-12,14H,4-10H2,1-3H3. The first-order chi connectivity index (χ1) is 7.97. The molecule has 0 rings (SSSR count). The third-order valence-electron chi connectivity index (χ3n) is 2.43. The van der Waals surface area contributed by atoms with Gasteiger partial charge in [-0.3, -0.25) is 0 Å². The minimum atomic E-state index is -3.37. The van der Waals surface area contributed by atoms with Crippen LogP contribution in [-0.4, -0.2) is 43.6 Å². The van der Waals surface area contributed by atoms with Crippen molar-refractivity contribution in [2.75, 3.05) is 19.7 Å². The molecule has 0 aromatic heterocycles. The van der Waals surface area contributed by atoms with E-state index in [2.05, 4.69) is 4.72 Å². The Hall–Kier alpha value is -0.170. The number of rotatable bonds is 10. The Bertz CT molecular complexity index is 274. The zero-order valence-corrected chi connectivity index (χ0v) is 12.0. The van der Waals surface area contributed by atoms with Crippen molar-refractivity contribution in [1.29, 1.82) is 0 Å². The van der Waals surface area contributed by atoms with Crippen molar-refractivity contribution >= 4 is 10.2 Å². The van der Waals surface area contributed by atoms with Crippen molar-refractivity contribution < 1.29 is 13.5 Å². The molecule has 0 aromatic rings. The summed E-state index contributed by atoms with van der Waals surface area (Å²) >= 11 is 0.